The van der Waals surface area contributed by atoms with E-state index in [1.165, 1.54) is 40.9 Å². The molecule has 0 bridgehead atoms. The molecule has 0 radical (unpaired) electrons. The molecule has 140 valence electrons. The molecule has 6 nitrogen and oxygen atoms in total. The van der Waals surface area contributed by atoms with Crippen LogP contribution in [0.15, 0.2) is 53.5 Å². The van der Waals surface area contributed by atoms with Crippen LogP contribution in [0.25, 0.3) is 0 Å². The van der Waals surface area contributed by atoms with Gasteiger partial charge in [0.2, 0.25) is 11.8 Å². The van der Waals surface area contributed by atoms with Gasteiger partial charge in [0.1, 0.15) is 22.5 Å². The summed E-state index contributed by atoms with van der Waals surface area (Å²) in [5.41, 5.74) is 1.09. The number of anilines is 1. The van der Waals surface area contributed by atoms with Crippen LogP contribution in [0.2, 0.25) is 0 Å². The number of ether oxygens (including phenoxy) is 1. The fourth-order valence-corrected chi connectivity index (χ4v) is 3.68. The normalized spacial score (nSPS) is 18.0. The minimum atomic E-state index is -0.566. The molecule has 2 aromatic carbocycles. The van der Waals surface area contributed by atoms with E-state index in [1.54, 1.807) is 26.3 Å². The number of nitrogens with one attached hydrogen (secondary N) is 1. The zero-order valence-electron chi connectivity index (χ0n) is 14.8. The van der Waals surface area contributed by atoms with E-state index in [0.29, 0.717) is 22.3 Å². The van der Waals surface area contributed by atoms with Crippen molar-refractivity contribution in [2.75, 3.05) is 19.5 Å². The van der Waals surface area contributed by atoms with Gasteiger partial charge in [-0.15, -0.1) is 0 Å². The van der Waals surface area contributed by atoms with Gasteiger partial charge in [-0.05, 0) is 36.4 Å². The van der Waals surface area contributed by atoms with Gasteiger partial charge < -0.3 is 10.1 Å². The highest BCUT2D eigenvalue weighted by Gasteiger charge is 2.37. The zero-order valence-corrected chi connectivity index (χ0v) is 15.6. The molecule has 8 heteroatoms. The van der Waals surface area contributed by atoms with Crippen molar-refractivity contribution in [3.8, 4) is 5.75 Å². The van der Waals surface area contributed by atoms with Crippen molar-refractivity contribution in [3.05, 3.63) is 54.3 Å². The molecule has 2 aromatic rings. The van der Waals surface area contributed by atoms with Crippen LogP contribution >= 0.6 is 11.8 Å². The number of hydrogen-bond acceptors (Lipinski definition) is 5. The second kappa shape index (κ2) is 8.22. The molecule has 27 heavy (non-hydrogen) atoms. The number of amidine groups is 1. The Hall–Kier alpha value is -2.87. The fourth-order valence-electron chi connectivity index (χ4n) is 2.54. The molecular formula is C19H18FN3O3S. The molecule has 0 aliphatic carbocycles. The highest BCUT2D eigenvalue weighted by atomic mass is 32.2. The molecule has 1 heterocycles. The van der Waals surface area contributed by atoms with Crippen molar-refractivity contribution in [1.82, 2.24) is 4.90 Å². The molecule has 3 rings (SSSR count). The third-order valence-electron chi connectivity index (χ3n) is 3.94. The van der Waals surface area contributed by atoms with E-state index in [-0.39, 0.29) is 24.1 Å². The van der Waals surface area contributed by atoms with Gasteiger partial charge in [-0.25, -0.2) is 9.38 Å². The van der Waals surface area contributed by atoms with Crippen molar-refractivity contribution < 1.29 is 18.7 Å². The number of benzene rings is 2. The van der Waals surface area contributed by atoms with E-state index >= 15 is 0 Å². The monoisotopic (exact) mass is 387 g/mol. The van der Waals surface area contributed by atoms with Crippen LogP contribution in [0.3, 0.4) is 0 Å². The van der Waals surface area contributed by atoms with Crippen molar-refractivity contribution >= 4 is 40.1 Å². The number of thioether (sulfide) groups is 1. The summed E-state index contributed by atoms with van der Waals surface area (Å²) in [7, 11) is 3.18. The SMILES string of the molecule is COc1ccccc1N=C1S[C@@H](CC(=O)Nc2ccc(F)cc2)C(=O)N1C. The number of amides is 2. The van der Waals surface area contributed by atoms with Gasteiger partial charge in [-0.2, -0.15) is 0 Å². The maximum atomic E-state index is 12.9. The fraction of sp³-hybridized carbons (Fsp3) is 0.211. The lowest BCUT2D eigenvalue weighted by Crippen LogP contribution is -2.30. The summed E-state index contributed by atoms with van der Waals surface area (Å²) in [4.78, 5) is 30.6. The summed E-state index contributed by atoms with van der Waals surface area (Å²) < 4.78 is 18.2. The molecule has 0 unspecified atom stereocenters. The summed E-state index contributed by atoms with van der Waals surface area (Å²) in [5.74, 6) is -0.292. The smallest absolute Gasteiger partial charge is 0.242 e. The summed E-state index contributed by atoms with van der Waals surface area (Å²) >= 11 is 1.23. The number of carbonyl (C=O) groups excluding carboxylic acids is 2. The van der Waals surface area contributed by atoms with E-state index in [4.69, 9.17) is 4.74 Å². The van der Waals surface area contributed by atoms with E-state index in [9.17, 15) is 14.0 Å². The van der Waals surface area contributed by atoms with E-state index < -0.39 is 5.25 Å². The van der Waals surface area contributed by atoms with E-state index in [1.807, 2.05) is 12.1 Å². The summed E-state index contributed by atoms with van der Waals surface area (Å²) in [6.45, 7) is 0. The molecule has 1 N–H and O–H groups in total. The number of carbonyl (C=O) groups is 2. The first kappa shape index (κ1) is 18.9. The van der Waals surface area contributed by atoms with Crippen LogP contribution in [0.4, 0.5) is 15.8 Å². The van der Waals surface area contributed by atoms with Crippen LogP contribution in [-0.2, 0) is 9.59 Å². The first-order valence-corrected chi connectivity index (χ1v) is 9.07. The molecule has 0 spiro atoms. The second-order valence-corrected chi connectivity index (χ2v) is 7.00. The first-order chi connectivity index (χ1) is 13.0. The molecule has 2 amide bonds. The third-order valence-corrected chi connectivity index (χ3v) is 5.17. The minimum absolute atomic E-state index is 0.00381. The largest absolute Gasteiger partial charge is 0.494 e. The Morgan fingerprint density at radius 1 is 1.26 bits per heavy atom. The summed E-state index contributed by atoms with van der Waals surface area (Å²) in [6, 6.07) is 12.7. The predicted molar refractivity (Wildman–Crippen MR) is 104 cm³/mol. The van der Waals surface area contributed by atoms with Gasteiger partial charge in [0, 0.05) is 19.2 Å². The second-order valence-electron chi connectivity index (χ2n) is 5.83. The molecule has 0 saturated carbocycles. The first-order valence-electron chi connectivity index (χ1n) is 8.19. The van der Waals surface area contributed by atoms with Crippen molar-refractivity contribution in [2.45, 2.75) is 11.7 Å². The Kier molecular flexibility index (Phi) is 5.75. The number of para-hydroxylation sites is 2. The molecule has 1 atom stereocenters. The van der Waals surface area contributed by atoms with Gasteiger partial charge in [0.25, 0.3) is 0 Å². The van der Waals surface area contributed by atoms with Gasteiger partial charge >= 0.3 is 0 Å². The molecule has 1 aliphatic heterocycles. The number of nitrogens with zero attached hydrogens (tertiary/aromatic N) is 2. The van der Waals surface area contributed by atoms with Crippen LogP contribution in [-0.4, -0.2) is 41.3 Å². The molecule has 1 saturated heterocycles. The average molecular weight is 387 g/mol. The Morgan fingerprint density at radius 3 is 2.67 bits per heavy atom. The minimum Gasteiger partial charge on any atom is -0.494 e. The van der Waals surface area contributed by atoms with Crippen LogP contribution in [0, 0.1) is 5.82 Å². The summed E-state index contributed by atoms with van der Waals surface area (Å²) in [6.07, 6.45) is -0.00381. The number of aliphatic imine (C=N–C) groups is 1. The highest BCUT2D eigenvalue weighted by Crippen LogP contribution is 2.33. The lowest BCUT2D eigenvalue weighted by Gasteiger charge is -2.10. The third kappa shape index (κ3) is 4.46. The predicted octanol–water partition coefficient (Wildman–Crippen LogP) is 3.42. The molecule has 0 aromatic heterocycles. The quantitative estimate of drug-likeness (QED) is 0.853. The molecular weight excluding hydrogens is 369 g/mol. The maximum absolute atomic E-state index is 12.9. The number of hydrogen-bond donors (Lipinski definition) is 1. The lowest BCUT2D eigenvalue weighted by atomic mass is 10.2. The Balaban J connectivity index is 1.69. The van der Waals surface area contributed by atoms with Gasteiger partial charge in [0.15, 0.2) is 5.17 Å². The Morgan fingerprint density at radius 2 is 1.96 bits per heavy atom. The maximum Gasteiger partial charge on any atom is 0.242 e. The molecule has 1 fully saturated rings. The standard InChI is InChI=1S/C19H18FN3O3S/c1-23-18(25)16(11-17(24)21-13-9-7-12(20)8-10-13)27-19(23)22-14-5-3-4-6-15(14)26-2/h3-10,16H,11H2,1-2H3,(H,21,24)/t16-/m0/s1. The van der Waals surface area contributed by atoms with E-state index in [2.05, 4.69) is 10.3 Å². The van der Waals surface area contributed by atoms with Gasteiger partial charge in [0.05, 0.1) is 7.11 Å². The number of methoxy groups -OCH3 is 1. The van der Waals surface area contributed by atoms with Crippen LogP contribution in [0.5, 0.6) is 5.75 Å². The molecule has 1 aliphatic rings. The average Bonchev–Trinajstić information content (AvgIpc) is 2.92. The number of halogens is 1. The zero-order chi connectivity index (χ0) is 19.4. The topological polar surface area (TPSA) is 71.0 Å². The van der Waals surface area contributed by atoms with E-state index in [0.717, 1.165) is 0 Å². The van der Waals surface area contributed by atoms with Crippen LogP contribution < -0.4 is 10.1 Å². The highest BCUT2D eigenvalue weighted by molar-refractivity contribution is 8.15. The number of rotatable bonds is 5. The van der Waals surface area contributed by atoms with Crippen LogP contribution in [0.1, 0.15) is 6.42 Å². The lowest BCUT2D eigenvalue weighted by molar-refractivity contribution is -0.127. The van der Waals surface area contributed by atoms with Crippen molar-refractivity contribution in [2.24, 2.45) is 4.99 Å². The van der Waals surface area contributed by atoms with Gasteiger partial charge in [-0.3, -0.25) is 14.5 Å². The van der Waals surface area contributed by atoms with Gasteiger partial charge in [-0.1, -0.05) is 23.9 Å². The summed E-state index contributed by atoms with van der Waals surface area (Å²) in [5, 5.41) is 2.60. The van der Waals surface area contributed by atoms with Crippen molar-refractivity contribution in [3.63, 3.8) is 0 Å². The van der Waals surface area contributed by atoms with Crippen molar-refractivity contribution in [1.29, 1.82) is 0 Å². The Labute approximate surface area is 160 Å². The Bertz CT molecular complexity index is 886.